The van der Waals surface area contributed by atoms with E-state index >= 15 is 0 Å². The molecule has 0 fully saturated rings. The predicted octanol–water partition coefficient (Wildman–Crippen LogP) is 2.26. The molecule has 2 N–H and O–H groups in total. The van der Waals surface area contributed by atoms with Gasteiger partial charge in [-0.1, -0.05) is 18.2 Å². The third kappa shape index (κ3) is 2.72. The lowest BCUT2D eigenvalue weighted by Gasteiger charge is -2.22. The first-order valence-corrected chi connectivity index (χ1v) is 6.10. The van der Waals surface area contributed by atoms with Crippen molar-refractivity contribution in [2.24, 2.45) is 0 Å². The molecular formula is C14H20N2O2. The summed E-state index contributed by atoms with van der Waals surface area (Å²) < 4.78 is 10.5. The van der Waals surface area contributed by atoms with E-state index in [0.29, 0.717) is 0 Å². The Bertz CT molecular complexity index is 491. The lowest BCUT2D eigenvalue weighted by molar-refractivity contribution is -0.119. The van der Waals surface area contributed by atoms with Gasteiger partial charge in [-0.3, -0.25) is 0 Å². The summed E-state index contributed by atoms with van der Waals surface area (Å²) in [6.07, 6.45) is 1.81. The number of ether oxygens (including phenoxy) is 2. The van der Waals surface area contributed by atoms with E-state index in [9.17, 15) is 0 Å². The van der Waals surface area contributed by atoms with Crippen molar-refractivity contribution in [3.63, 3.8) is 0 Å². The number of H-pyrrole nitrogens is 1. The maximum Gasteiger partial charge on any atom is 0.171 e. The molecule has 98 valence electrons. The van der Waals surface area contributed by atoms with Crippen LogP contribution in [0, 0.1) is 0 Å². The van der Waals surface area contributed by atoms with Crippen LogP contribution in [0.5, 0.6) is 0 Å². The quantitative estimate of drug-likeness (QED) is 0.771. The van der Waals surface area contributed by atoms with Crippen LogP contribution in [0.4, 0.5) is 0 Å². The average molecular weight is 248 g/mol. The molecule has 0 aliphatic heterocycles. The normalized spacial score (nSPS) is 13.3. The highest BCUT2D eigenvalue weighted by atomic mass is 16.7. The average Bonchev–Trinajstić information content (AvgIpc) is 2.81. The van der Waals surface area contributed by atoms with Crippen molar-refractivity contribution in [1.29, 1.82) is 0 Å². The van der Waals surface area contributed by atoms with Crippen molar-refractivity contribution in [1.82, 2.24) is 10.3 Å². The molecule has 1 heterocycles. The van der Waals surface area contributed by atoms with Gasteiger partial charge in [0.2, 0.25) is 0 Å². The highest BCUT2D eigenvalue weighted by Crippen LogP contribution is 2.17. The van der Waals surface area contributed by atoms with Gasteiger partial charge < -0.3 is 19.8 Å². The van der Waals surface area contributed by atoms with Gasteiger partial charge in [-0.05, 0) is 18.6 Å². The Balaban J connectivity index is 2.02. The molecule has 2 aromatic rings. The molecule has 0 aliphatic carbocycles. The SMILES string of the molecule is COC(OC)C(C)NCc1c[nH]c2ccccc12. The highest BCUT2D eigenvalue weighted by molar-refractivity contribution is 5.82. The van der Waals surface area contributed by atoms with Crippen LogP contribution in [-0.4, -0.2) is 31.5 Å². The largest absolute Gasteiger partial charge is 0.361 e. The monoisotopic (exact) mass is 248 g/mol. The number of nitrogens with one attached hydrogen (secondary N) is 2. The number of benzene rings is 1. The van der Waals surface area contributed by atoms with Crippen molar-refractivity contribution in [2.75, 3.05) is 14.2 Å². The third-order valence-electron chi connectivity index (χ3n) is 3.16. The fourth-order valence-electron chi connectivity index (χ4n) is 2.15. The van der Waals surface area contributed by atoms with Crippen LogP contribution in [0.25, 0.3) is 10.9 Å². The van der Waals surface area contributed by atoms with Gasteiger partial charge in [0.05, 0.1) is 6.04 Å². The van der Waals surface area contributed by atoms with E-state index in [1.165, 1.54) is 10.9 Å². The van der Waals surface area contributed by atoms with Crippen LogP contribution >= 0.6 is 0 Å². The van der Waals surface area contributed by atoms with Gasteiger partial charge in [-0.15, -0.1) is 0 Å². The van der Waals surface area contributed by atoms with Crippen LogP contribution in [0.15, 0.2) is 30.5 Å². The summed E-state index contributed by atoms with van der Waals surface area (Å²) in [7, 11) is 3.30. The Morgan fingerprint density at radius 3 is 2.67 bits per heavy atom. The van der Waals surface area contributed by atoms with Crippen molar-refractivity contribution < 1.29 is 9.47 Å². The van der Waals surface area contributed by atoms with Gasteiger partial charge in [0, 0.05) is 37.9 Å². The summed E-state index contributed by atoms with van der Waals surface area (Å²) in [5, 5.41) is 4.66. The minimum Gasteiger partial charge on any atom is -0.361 e. The van der Waals surface area contributed by atoms with Gasteiger partial charge in [-0.2, -0.15) is 0 Å². The summed E-state index contributed by atoms with van der Waals surface area (Å²) in [6.45, 7) is 2.83. The van der Waals surface area contributed by atoms with E-state index in [2.05, 4.69) is 28.5 Å². The van der Waals surface area contributed by atoms with Crippen LogP contribution in [-0.2, 0) is 16.0 Å². The molecule has 0 saturated carbocycles. The van der Waals surface area contributed by atoms with Crippen molar-refractivity contribution in [3.8, 4) is 0 Å². The third-order valence-corrected chi connectivity index (χ3v) is 3.16. The minimum atomic E-state index is -0.227. The summed E-state index contributed by atoms with van der Waals surface area (Å²) in [5.41, 5.74) is 2.42. The molecule has 0 radical (unpaired) electrons. The maximum atomic E-state index is 5.23. The fourth-order valence-corrected chi connectivity index (χ4v) is 2.15. The van der Waals surface area contributed by atoms with E-state index in [-0.39, 0.29) is 12.3 Å². The molecule has 0 spiro atoms. The van der Waals surface area contributed by atoms with Gasteiger partial charge in [-0.25, -0.2) is 0 Å². The zero-order valence-electron chi connectivity index (χ0n) is 11.1. The Hall–Kier alpha value is -1.36. The van der Waals surface area contributed by atoms with Gasteiger partial charge in [0.15, 0.2) is 6.29 Å². The zero-order chi connectivity index (χ0) is 13.0. The molecule has 0 amide bonds. The lowest BCUT2D eigenvalue weighted by atomic mass is 10.1. The van der Waals surface area contributed by atoms with E-state index in [0.717, 1.165) is 12.1 Å². The predicted molar refractivity (Wildman–Crippen MR) is 72.4 cm³/mol. The topological polar surface area (TPSA) is 46.3 Å². The Labute approximate surface area is 107 Å². The molecule has 1 atom stereocenters. The summed E-state index contributed by atoms with van der Waals surface area (Å²) in [5.74, 6) is 0. The smallest absolute Gasteiger partial charge is 0.171 e. The molecule has 4 nitrogen and oxygen atoms in total. The highest BCUT2D eigenvalue weighted by Gasteiger charge is 2.15. The Morgan fingerprint density at radius 1 is 1.22 bits per heavy atom. The first-order valence-electron chi connectivity index (χ1n) is 6.10. The number of rotatable bonds is 6. The second kappa shape index (κ2) is 6.00. The van der Waals surface area contributed by atoms with Gasteiger partial charge >= 0.3 is 0 Å². The number of aromatic amines is 1. The molecule has 1 aromatic heterocycles. The van der Waals surface area contributed by atoms with Crippen molar-refractivity contribution in [3.05, 3.63) is 36.0 Å². The van der Waals surface area contributed by atoms with Crippen molar-refractivity contribution >= 4 is 10.9 Å². The van der Waals surface area contributed by atoms with Gasteiger partial charge in [0.1, 0.15) is 0 Å². The summed E-state index contributed by atoms with van der Waals surface area (Å²) >= 11 is 0. The Kier molecular flexibility index (Phi) is 4.36. The molecule has 0 aliphatic rings. The molecule has 1 unspecified atom stereocenters. The van der Waals surface area contributed by atoms with E-state index in [1.807, 2.05) is 19.2 Å². The standard InChI is InChI=1S/C14H20N2O2/c1-10(14(17-2)18-3)15-8-11-9-16-13-7-5-4-6-12(11)13/h4-7,9-10,14-16H,8H2,1-3H3. The van der Waals surface area contributed by atoms with E-state index in [4.69, 9.17) is 9.47 Å². The first-order chi connectivity index (χ1) is 8.76. The maximum absolute atomic E-state index is 5.23. The Morgan fingerprint density at radius 2 is 1.94 bits per heavy atom. The van der Waals surface area contributed by atoms with E-state index in [1.54, 1.807) is 14.2 Å². The van der Waals surface area contributed by atoms with Crippen LogP contribution in [0.2, 0.25) is 0 Å². The van der Waals surface area contributed by atoms with E-state index < -0.39 is 0 Å². The zero-order valence-corrected chi connectivity index (χ0v) is 11.1. The molecule has 0 bridgehead atoms. The van der Waals surface area contributed by atoms with Crippen molar-refractivity contribution in [2.45, 2.75) is 25.8 Å². The van der Waals surface area contributed by atoms with Crippen LogP contribution in [0.1, 0.15) is 12.5 Å². The molecular weight excluding hydrogens is 228 g/mol. The molecule has 1 aromatic carbocycles. The lowest BCUT2D eigenvalue weighted by Crippen LogP contribution is -2.39. The summed E-state index contributed by atoms with van der Waals surface area (Å²) in [6, 6.07) is 8.42. The van der Waals surface area contributed by atoms with Gasteiger partial charge in [0.25, 0.3) is 0 Å². The number of hydrogen-bond donors (Lipinski definition) is 2. The number of para-hydroxylation sites is 1. The number of aromatic nitrogens is 1. The summed E-state index contributed by atoms with van der Waals surface area (Å²) in [4.78, 5) is 3.27. The number of hydrogen-bond acceptors (Lipinski definition) is 3. The molecule has 18 heavy (non-hydrogen) atoms. The fraction of sp³-hybridized carbons (Fsp3) is 0.429. The second-order valence-electron chi connectivity index (χ2n) is 4.37. The molecule has 2 rings (SSSR count). The number of methoxy groups -OCH3 is 2. The number of fused-ring (bicyclic) bond motifs is 1. The first kappa shape index (κ1) is 13.1. The molecule has 0 saturated heterocycles. The minimum absolute atomic E-state index is 0.133. The second-order valence-corrected chi connectivity index (χ2v) is 4.37. The van der Waals surface area contributed by atoms with Crippen LogP contribution < -0.4 is 5.32 Å². The molecule has 4 heteroatoms. The van der Waals surface area contributed by atoms with Crippen LogP contribution in [0.3, 0.4) is 0 Å².